The molecule has 0 aliphatic rings. The molecule has 0 aliphatic carbocycles. The Kier molecular flexibility index (Phi) is 10.1. The first kappa shape index (κ1) is 36.5. The van der Waals surface area contributed by atoms with Gasteiger partial charge in [-0.25, -0.2) is 0 Å². The first-order valence-corrected chi connectivity index (χ1v) is 17.3. The molecule has 4 nitrogen and oxygen atoms in total. The van der Waals surface area contributed by atoms with Crippen molar-refractivity contribution < 1.29 is 9.47 Å². The minimum atomic E-state index is -0.761. The summed E-state index contributed by atoms with van der Waals surface area (Å²) in [5, 5.41) is 20.0. The van der Waals surface area contributed by atoms with Crippen LogP contribution in [0.5, 0.6) is 17.2 Å². The van der Waals surface area contributed by atoms with E-state index in [1.165, 1.54) is 11.1 Å². The third-order valence-electron chi connectivity index (χ3n) is 9.61. The summed E-state index contributed by atoms with van der Waals surface area (Å²) in [5.74, 6) is 1.84. The Morgan fingerprint density at radius 3 is 1.54 bits per heavy atom. The molecule has 50 heavy (non-hydrogen) atoms. The fraction of sp³-hybridized carbons (Fsp3) is 0.273. The maximum atomic E-state index is 9.88. The quantitative estimate of drug-likeness (QED) is 0.136. The SMILES string of the molecule is CC(C)(Cl)c1cccc(Oc2ccc(C(C)(C)c3cccc(C(C)(C)c4ccc(OC(C)(C)c5cccc(Cl)c5C#N)cc4)c3)cc2)c1C#N. The molecule has 0 aromatic heterocycles. The minimum absolute atomic E-state index is 0.288. The molecule has 0 amide bonds. The summed E-state index contributed by atoms with van der Waals surface area (Å²) < 4.78 is 12.6. The standard InChI is InChI=1S/C44H42Cl2N2O2/c1-41(2,29-18-22-33(23-19-29)49-40-17-11-14-37(36(40)28-48)43(5,6)46)31-12-9-13-32(26-31)42(3,4)30-20-24-34(25-21-30)50-44(7,8)38-15-10-16-39(45)35(38)27-47/h9-26H,1-8H3. The monoisotopic (exact) mass is 700 g/mol. The molecule has 0 fully saturated rings. The largest absolute Gasteiger partial charge is 0.483 e. The van der Waals surface area contributed by atoms with Crippen LogP contribution in [0.4, 0.5) is 0 Å². The van der Waals surface area contributed by atoms with Crippen LogP contribution in [-0.2, 0) is 21.3 Å². The number of rotatable bonds is 10. The normalized spacial score (nSPS) is 12.2. The van der Waals surface area contributed by atoms with Gasteiger partial charge in [-0.3, -0.25) is 0 Å². The molecule has 0 N–H and O–H groups in total. The molecule has 0 spiro atoms. The summed E-state index contributed by atoms with van der Waals surface area (Å²) >= 11 is 12.9. The van der Waals surface area contributed by atoms with Gasteiger partial charge < -0.3 is 9.47 Å². The summed E-state index contributed by atoms with van der Waals surface area (Å²) in [6.07, 6.45) is 0. The highest BCUT2D eigenvalue weighted by atomic mass is 35.5. The third-order valence-corrected chi connectivity index (χ3v) is 10.1. The van der Waals surface area contributed by atoms with Gasteiger partial charge in [0.15, 0.2) is 0 Å². The Bertz CT molecular complexity index is 2090. The van der Waals surface area contributed by atoms with Gasteiger partial charge >= 0.3 is 0 Å². The van der Waals surface area contributed by atoms with Crippen molar-refractivity contribution in [2.24, 2.45) is 0 Å². The summed E-state index contributed by atoms with van der Waals surface area (Å²) in [5.41, 5.74) is 5.67. The van der Waals surface area contributed by atoms with Gasteiger partial charge in [-0.1, -0.05) is 112 Å². The molecule has 6 heteroatoms. The van der Waals surface area contributed by atoms with Crippen molar-refractivity contribution in [3.05, 3.63) is 159 Å². The zero-order chi connectivity index (χ0) is 36.5. The molecule has 0 saturated carbocycles. The van der Waals surface area contributed by atoms with Gasteiger partial charge in [-0.2, -0.15) is 10.5 Å². The van der Waals surface area contributed by atoms with Gasteiger partial charge in [0.2, 0.25) is 0 Å². The van der Waals surface area contributed by atoms with E-state index in [1.807, 2.05) is 76.2 Å². The average molecular weight is 702 g/mol. The van der Waals surface area contributed by atoms with Crippen LogP contribution in [0.3, 0.4) is 0 Å². The number of ether oxygens (including phenoxy) is 2. The molecule has 5 aromatic rings. The second-order valence-electron chi connectivity index (χ2n) is 14.6. The number of hydrogen-bond donors (Lipinski definition) is 0. The molecule has 0 saturated heterocycles. The average Bonchev–Trinajstić information content (AvgIpc) is 3.08. The van der Waals surface area contributed by atoms with Gasteiger partial charge in [-0.05, 0) is 91.9 Å². The van der Waals surface area contributed by atoms with Crippen molar-refractivity contribution in [3.63, 3.8) is 0 Å². The molecule has 254 valence electrons. The van der Waals surface area contributed by atoms with Crippen LogP contribution in [-0.4, -0.2) is 0 Å². The van der Waals surface area contributed by atoms with Gasteiger partial charge in [0.1, 0.15) is 35.0 Å². The lowest BCUT2D eigenvalue weighted by molar-refractivity contribution is 0.108. The van der Waals surface area contributed by atoms with E-state index in [1.54, 1.807) is 12.1 Å². The van der Waals surface area contributed by atoms with E-state index in [0.29, 0.717) is 33.4 Å². The van der Waals surface area contributed by atoms with Crippen molar-refractivity contribution in [3.8, 4) is 29.4 Å². The van der Waals surface area contributed by atoms with Gasteiger partial charge in [0, 0.05) is 16.4 Å². The first-order chi connectivity index (χ1) is 23.5. The second-order valence-corrected chi connectivity index (χ2v) is 16.0. The molecule has 5 aromatic carbocycles. The lowest BCUT2D eigenvalue weighted by Gasteiger charge is -2.31. The van der Waals surface area contributed by atoms with E-state index in [9.17, 15) is 10.5 Å². The number of hydrogen-bond acceptors (Lipinski definition) is 4. The van der Waals surface area contributed by atoms with Gasteiger partial charge in [-0.15, -0.1) is 11.6 Å². The first-order valence-electron chi connectivity index (χ1n) is 16.6. The smallest absolute Gasteiger partial charge is 0.145 e. The molecule has 0 radical (unpaired) electrons. The fourth-order valence-electron chi connectivity index (χ4n) is 6.35. The van der Waals surface area contributed by atoms with Crippen LogP contribution < -0.4 is 9.47 Å². The van der Waals surface area contributed by atoms with Crippen molar-refractivity contribution in [1.82, 2.24) is 0 Å². The number of alkyl halides is 1. The Balaban J connectivity index is 1.35. The van der Waals surface area contributed by atoms with Crippen molar-refractivity contribution in [2.75, 3.05) is 0 Å². The summed E-state index contributed by atoms with van der Waals surface area (Å²) in [4.78, 5) is -0.696. The van der Waals surface area contributed by atoms with Crippen LogP contribution in [0.1, 0.15) is 99.9 Å². The topological polar surface area (TPSA) is 66.0 Å². The van der Waals surface area contributed by atoms with Crippen LogP contribution >= 0.6 is 23.2 Å². The molecule has 0 bridgehead atoms. The van der Waals surface area contributed by atoms with Crippen LogP contribution in [0.2, 0.25) is 5.02 Å². The van der Waals surface area contributed by atoms with E-state index in [0.717, 1.165) is 22.3 Å². The Morgan fingerprint density at radius 1 is 0.540 bits per heavy atom. The van der Waals surface area contributed by atoms with Gasteiger partial charge in [0.25, 0.3) is 0 Å². The third kappa shape index (κ3) is 7.39. The highest BCUT2D eigenvalue weighted by Crippen LogP contribution is 2.40. The summed E-state index contributed by atoms with van der Waals surface area (Å²) in [7, 11) is 0. The van der Waals surface area contributed by atoms with Crippen LogP contribution in [0, 0.1) is 22.7 Å². The van der Waals surface area contributed by atoms with Crippen molar-refractivity contribution in [2.45, 2.75) is 76.7 Å². The lowest BCUT2D eigenvalue weighted by atomic mass is 9.73. The Labute approximate surface area is 306 Å². The molecular formula is C44H42Cl2N2O2. The van der Waals surface area contributed by atoms with Crippen molar-refractivity contribution >= 4 is 23.2 Å². The molecule has 0 atom stereocenters. The summed E-state index contributed by atoms with van der Waals surface area (Å²) in [6, 6.07) is 40.4. The number of benzene rings is 5. The predicted octanol–water partition coefficient (Wildman–Crippen LogP) is 12.3. The molecule has 0 unspecified atom stereocenters. The zero-order valence-corrected chi connectivity index (χ0v) is 31.4. The molecular weight excluding hydrogens is 659 g/mol. The number of nitrogens with zero attached hydrogens (tertiary/aromatic N) is 2. The maximum absolute atomic E-state index is 9.88. The second kappa shape index (κ2) is 13.9. The number of nitriles is 2. The van der Waals surface area contributed by atoms with Crippen LogP contribution in [0.25, 0.3) is 0 Å². The minimum Gasteiger partial charge on any atom is -0.483 e. The van der Waals surface area contributed by atoms with Crippen molar-refractivity contribution in [1.29, 1.82) is 10.5 Å². The predicted molar refractivity (Wildman–Crippen MR) is 204 cm³/mol. The Hall–Kier alpha value is -4.74. The highest BCUT2D eigenvalue weighted by molar-refractivity contribution is 6.31. The van der Waals surface area contributed by atoms with Crippen LogP contribution in [0.15, 0.2) is 109 Å². The van der Waals surface area contributed by atoms with E-state index < -0.39 is 10.5 Å². The Morgan fingerprint density at radius 2 is 1.02 bits per heavy atom. The molecule has 5 rings (SSSR count). The number of halogens is 2. The highest BCUT2D eigenvalue weighted by Gasteiger charge is 2.30. The van der Waals surface area contributed by atoms with E-state index in [2.05, 4.69) is 88.4 Å². The van der Waals surface area contributed by atoms with E-state index in [-0.39, 0.29) is 10.8 Å². The maximum Gasteiger partial charge on any atom is 0.145 e. The van der Waals surface area contributed by atoms with E-state index in [4.69, 9.17) is 32.7 Å². The fourth-order valence-corrected chi connectivity index (χ4v) is 6.73. The van der Waals surface area contributed by atoms with E-state index >= 15 is 0 Å². The summed E-state index contributed by atoms with van der Waals surface area (Å²) in [6.45, 7) is 16.5. The zero-order valence-electron chi connectivity index (χ0n) is 29.9. The molecule has 0 aliphatic heterocycles. The molecule has 0 heterocycles. The lowest BCUT2D eigenvalue weighted by Crippen LogP contribution is -2.26. The van der Waals surface area contributed by atoms with Gasteiger partial charge in [0.05, 0.1) is 21.0 Å².